The second kappa shape index (κ2) is 6.74. The maximum atomic E-state index is 8.84. The topological polar surface area (TPSA) is 72.3 Å². The highest BCUT2D eigenvalue weighted by atomic mass is 35.5. The quantitative estimate of drug-likeness (QED) is 0.681. The summed E-state index contributed by atoms with van der Waals surface area (Å²) >= 11 is 4.91. The van der Waals surface area contributed by atoms with Crippen LogP contribution in [0.2, 0.25) is 0 Å². The fourth-order valence-corrected chi connectivity index (χ4v) is 1.48. The van der Waals surface area contributed by atoms with Crippen molar-refractivity contribution in [1.29, 1.82) is 0 Å². The van der Waals surface area contributed by atoms with Crippen LogP contribution in [0.3, 0.4) is 0 Å². The normalized spacial score (nSPS) is 11.6. The van der Waals surface area contributed by atoms with E-state index in [1.54, 1.807) is 0 Å². The summed E-state index contributed by atoms with van der Waals surface area (Å²) in [5.74, 6) is 0. The van der Waals surface area contributed by atoms with E-state index in [1.165, 1.54) is 0 Å². The van der Waals surface area contributed by atoms with Crippen molar-refractivity contribution in [3.8, 4) is 0 Å². The number of halogens is 1. The molecule has 0 aliphatic heterocycles. The first-order valence-corrected chi connectivity index (χ1v) is 4.80. The number of aliphatic hydroxyl groups excluding tert-OH is 1. The van der Waals surface area contributed by atoms with Crippen molar-refractivity contribution in [1.82, 2.24) is 0 Å². The molecule has 0 amide bonds. The lowest BCUT2D eigenvalue weighted by Gasteiger charge is -2.11. The molecule has 3 nitrogen and oxygen atoms in total. The Hall–Kier alpha value is -0.680. The minimum Gasteiger partial charge on any atom is -0.395 e. The number of hydrogen-bond donors (Lipinski definition) is 3. The van der Waals surface area contributed by atoms with Crippen molar-refractivity contribution in [2.45, 2.75) is 12.5 Å². The van der Waals surface area contributed by atoms with E-state index in [-0.39, 0.29) is 25.1 Å². The minimum atomic E-state index is -0.259. The molecule has 1 rings (SSSR count). The van der Waals surface area contributed by atoms with Crippen LogP contribution in [0, 0.1) is 0 Å². The van der Waals surface area contributed by atoms with E-state index in [0.717, 1.165) is 11.1 Å². The van der Waals surface area contributed by atoms with Gasteiger partial charge in [-0.1, -0.05) is 36.5 Å². The van der Waals surface area contributed by atoms with Gasteiger partial charge in [-0.3, -0.25) is 0 Å². The van der Waals surface area contributed by atoms with Gasteiger partial charge in [0.25, 0.3) is 0 Å². The number of aliphatic hydroxyl groups is 1. The summed E-state index contributed by atoms with van der Waals surface area (Å²) in [6.07, 6.45) is 0.587. The molecule has 0 aliphatic carbocycles. The molecule has 1 aromatic rings. The molecular weight excluding hydrogens is 232 g/mol. The van der Waals surface area contributed by atoms with Crippen molar-refractivity contribution in [3.05, 3.63) is 35.4 Å². The third kappa shape index (κ3) is 4.13. The van der Waals surface area contributed by atoms with Gasteiger partial charge in [-0.05, 0) is 12.0 Å². The molecule has 5 heteroatoms. The van der Waals surface area contributed by atoms with E-state index >= 15 is 0 Å². The Labute approximate surface area is 101 Å². The molecule has 0 aromatic heterocycles. The predicted octanol–water partition coefficient (Wildman–Crippen LogP) is 0.605. The van der Waals surface area contributed by atoms with Gasteiger partial charge in [0.05, 0.1) is 6.61 Å². The Morgan fingerprint density at radius 1 is 1.40 bits per heavy atom. The molecule has 1 aromatic carbocycles. The maximum absolute atomic E-state index is 8.84. The third-order valence-corrected chi connectivity index (χ3v) is 2.22. The lowest BCUT2D eigenvalue weighted by atomic mass is 10.0. The Morgan fingerprint density at radius 2 is 2.00 bits per heavy atom. The molecule has 0 aliphatic rings. The zero-order chi connectivity index (χ0) is 10.6. The van der Waals surface area contributed by atoms with Gasteiger partial charge < -0.3 is 16.6 Å². The summed E-state index contributed by atoms with van der Waals surface area (Å²) in [6, 6.07) is 7.31. The minimum absolute atomic E-state index is 0. The lowest BCUT2D eigenvalue weighted by molar-refractivity contribution is 0.265. The summed E-state index contributed by atoms with van der Waals surface area (Å²) in [6.45, 7) is -0.0360. The predicted molar refractivity (Wildman–Crippen MR) is 68.3 cm³/mol. The molecule has 0 heterocycles. The van der Waals surface area contributed by atoms with E-state index in [9.17, 15) is 0 Å². The number of thiocarbonyl (C=S) groups is 1. The molecule has 0 saturated heterocycles. The highest BCUT2D eigenvalue weighted by Gasteiger charge is 2.07. The van der Waals surface area contributed by atoms with Gasteiger partial charge >= 0.3 is 0 Å². The van der Waals surface area contributed by atoms with E-state index in [0.29, 0.717) is 11.4 Å². The van der Waals surface area contributed by atoms with Gasteiger partial charge in [-0.15, -0.1) is 12.4 Å². The van der Waals surface area contributed by atoms with E-state index in [4.69, 9.17) is 28.8 Å². The third-order valence-electron chi connectivity index (χ3n) is 2.00. The molecule has 5 N–H and O–H groups in total. The fourth-order valence-electron chi connectivity index (χ4n) is 1.29. The number of hydrogen-bond acceptors (Lipinski definition) is 3. The second-order valence-corrected chi connectivity index (χ2v) is 3.61. The fraction of sp³-hybridized carbons (Fsp3) is 0.300. The Balaban J connectivity index is 0.00000196. The highest BCUT2D eigenvalue weighted by Crippen LogP contribution is 2.10. The van der Waals surface area contributed by atoms with Gasteiger partial charge in [0.15, 0.2) is 0 Å². The largest absolute Gasteiger partial charge is 0.395 e. The molecule has 1 atom stereocenters. The van der Waals surface area contributed by atoms with Crippen molar-refractivity contribution in [2.24, 2.45) is 11.5 Å². The van der Waals surface area contributed by atoms with Crippen LogP contribution in [-0.2, 0) is 6.42 Å². The smallest absolute Gasteiger partial charge is 0.104 e. The summed E-state index contributed by atoms with van der Waals surface area (Å²) in [5.41, 5.74) is 13.0. The van der Waals surface area contributed by atoms with Crippen LogP contribution in [0.25, 0.3) is 0 Å². The first kappa shape index (κ1) is 14.3. The standard InChI is InChI=1S/C10H14N2OS.ClH/c11-8(6-13)5-7-3-1-2-4-9(7)10(12)14;/h1-4,8,13H,5-6,11H2,(H2,12,14);1H/t8-;/m1./s1. The Morgan fingerprint density at radius 3 is 2.53 bits per heavy atom. The van der Waals surface area contributed by atoms with E-state index in [1.807, 2.05) is 24.3 Å². The summed E-state index contributed by atoms with van der Waals surface area (Å²) in [4.78, 5) is 0.366. The van der Waals surface area contributed by atoms with Gasteiger partial charge in [-0.2, -0.15) is 0 Å². The Kier molecular flexibility index (Phi) is 6.43. The maximum Gasteiger partial charge on any atom is 0.104 e. The lowest BCUT2D eigenvalue weighted by Crippen LogP contribution is -2.28. The van der Waals surface area contributed by atoms with E-state index in [2.05, 4.69) is 0 Å². The van der Waals surface area contributed by atoms with Crippen LogP contribution in [0.1, 0.15) is 11.1 Å². The number of rotatable bonds is 4. The summed E-state index contributed by atoms with van der Waals surface area (Å²) in [7, 11) is 0. The summed E-state index contributed by atoms with van der Waals surface area (Å²) in [5, 5.41) is 8.84. The molecule has 15 heavy (non-hydrogen) atoms. The first-order valence-electron chi connectivity index (χ1n) is 4.39. The van der Waals surface area contributed by atoms with Gasteiger partial charge in [0.2, 0.25) is 0 Å². The average Bonchev–Trinajstić information content (AvgIpc) is 2.18. The van der Waals surface area contributed by atoms with Gasteiger partial charge in [0, 0.05) is 11.6 Å². The first-order chi connectivity index (χ1) is 6.65. The van der Waals surface area contributed by atoms with Crippen LogP contribution in [0.4, 0.5) is 0 Å². The molecule has 0 saturated carbocycles. The van der Waals surface area contributed by atoms with Gasteiger partial charge in [0.1, 0.15) is 4.99 Å². The molecule has 0 spiro atoms. The average molecular weight is 247 g/mol. The highest BCUT2D eigenvalue weighted by molar-refractivity contribution is 7.80. The second-order valence-electron chi connectivity index (χ2n) is 3.17. The summed E-state index contributed by atoms with van der Waals surface area (Å²) < 4.78 is 0. The molecule has 0 fully saturated rings. The zero-order valence-corrected chi connectivity index (χ0v) is 9.85. The Bertz CT molecular complexity index is 333. The number of nitrogens with two attached hydrogens (primary N) is 2. The molecule has 0 unspecified atom stereocenters. The zero-order valence-electron chi connectivity index (χ0n) is 8.22. The van der Waals surface area contributed by atoms with E-state index < -0.39 is 0 Å². The molecule has 0 radical (unpaired) electrons. The monoisotopic (exact) mass is 246 g/mol. The molecule has 84 valence electrons. The molecule has 0 bridgehead atoms. The van der Waals surface area contributed by atoms with Crippen LogP contribution < -0.4 is 11.5 Å². The van der Waals surface area contributed by atoms with Crippen LogP contribution in [0.5, 0.6) is 0 Å². The SMILES string of the molecule is Cl.NC(=S)c1ccccc1C[C@@H](N)CO. The number of benzene rings is 1. The van der Waals surface area contributed by atoms with Crippen molar-refractivity contribution < 1.29 is 5.11 Å². The van der Waals surface area contributed by atoms with Gasteiger partial charge in [-0.25, -0.2) is 0 Å². The van der Waals surface area contributed by atoms with Crippen molar-refractivity contribution in [3.63, 3.8) is 0 Å². The van der Waals surface area contributed by atoms with Crippen molar-refractivity contribution >= 4 is 29.6 Å². The van der Waals surface area contributed by atoms with Crippen LogP contribution >= 0.6 is 24.6 Å². The van der Waals surface area contributed by atoms with Crippen LogP contribution in [-0.4, -0.2) is 22.7 Å². The molecular formula is C10H15ClN2OS. The van der Waals surface area contributed by atoms with Crippen molar-refractivity contribution in [2.75, 3.05) is 6.61 Å². The van der Waals surface area contributed by atoms with Crippen LogP contribution in [0.15, 0.2) is 24.3 Å².